The van der Waals surface area contributed by atoms with Crippen molar-refractivity contribution in [3.05, 3.63) is 65.7 Å². The highest BCUT2D eigenvalue weighted by Gasteiger charge is 2.64. The van der Waals surface area contributed by atoms with Gasteiger partial charge in [0, 0.05) is 44.6 Å². The standard InChI is InChI=1S/C26H26F6N2O4/c1-37-24(25(27,28)29,17-7-3-2-4-8-17)22(36)34-13-11-23(12-14-34)15-21(35)33-16-19(23)18-9-5-6-10-20(18)38-26(30,31)32/h2-10,19H,11-16H2,1H3,(H,33,35)/t19?,24-/m1/s1. The fourth-order valence-corrected chi connectivity index (χ4v) is 5.67. The number of para-hydroxylation sites is 1. The first kappa shape index (κ1) is 27.7. The maximum Gasteiger partial charge on any atom is 0.573 e. The molecule has 0 radical (unpaired) electrons. The molecule has 12 heteroatoms. The molecule has 2 amide bonds. The van der Waals surface area contributed by atoms with E-state index in [-0.39, 0.29) is 55.9 Å². The zero-order valence-electron chi connectivity index (χ0n) is 20.4. The number of rotatable bonds is 5. The summed E-state index contributed by atoms with van der Waals surface area (Å²) in [4.78, 5) is 26.9. The third-order valence-electron chi connectivity index (χ3n) is 7.51. The van der Waals surface area contributed by atoms with E-state index in [0.717, 1.165) is 12.0 Å². The van der Waals surface area contributed by atoms with Crippen LogP contribution in [0.2, 0.25) is 0 Å². The highest BCUT2D eigenvalue weighted by atomic mass is 19.4. The van der Waals surface area contributed by atoms with Gasteiger partial charge in [-0.1, -0.05) is 48.5 Å². The van der Waals surface area contributed by atoms with Gasteiger partial charge in [0.2, 0.25) is 5.91 Å². The Morgan fingerprint density at radius 3 is 2.16 bits per heavy atom. The minimum atomic E-state index is -5.07. The van der Waals surface area contributed by atoms with Crippen molar-refractivity contribution in [1.29, 1.82) is 0 Å². The first-order valence-corrected chi connectivity index (χ1v) is 11.9. The fraction of sp³-hybridized carbons (Fsp3) is 0.462. The van der Waals surface area contributed by atoms with Crippen LogP contribution in [-0.4, -0.2) is 56.0 Å². The Labute approximate surface area is 214 Å². The molecule has 1 spiro atoms. The maximum atomic E-state index is 14.4. The van der Waals surface area contributed by atoms with Crippen LogP contribution < -0.4 is 10.1 Å². The lowest BCUT2D eigenvalue weighted by Gasteiger charge is -2.50. The predicted octanol–water partition coefficient (Wildman–Crippen LogP) is 4.90. The van der Waals surface area contributed by atoms with E-state index in [2.05, 4.69) is 10.1 Å². The van der Waals surface area contributed by atoms with Gasteiger partial charge < -0.3 is 19.7 Å². The molecule has 2 aromatic rings. The monoisotopic (exact) mass is 544 g/mol. The second-order valence-electron chi connectivity index (χ2n) is 9.52. The number of hydrogen-bond donors (Lipinski definition) is 1. The molecule has 2 aromatic carbocycles. The minimum absolute atomic E-state index is 0.0274. The Hall–Kier alpha value is -3.28. The molecule has 0 aliphatic carbocycles. The quantitative estimate of drug-likeness (QED) is 0.544. The van der Waals surface area contributed by atoms with Crippen molar-refractivity contribution >= 4 is 11.8 Å². The second-order valence-corrected chi connectivity index (χ2v) is 9.52. The van der Waals surface area contributed by atoms with Gasteiger partial charge in [0.1, 0.15) is 5.75 Å². The van der Waals surface area contributed by atoms with Gasteiger partial charge in [-0.15, -0.1) is 13.2 Å². The van der Waals surface area contributed by atoms with Crippen molar-refractivity contribution in [3.8, 4) is 5.75 Å². The Morgan fingerprint density at radius 1 is 0.974 bits per heavy atom. The number of hydrogen-bond acceptors (Lipinski definition) is 4. The van der Waals surface area contributed by atoms with Crippen molar-refractivity contribution in [3.63, 3.8) is 0 Å². The van der Waals surface area contributed by atoms with Crippen LogP contribution in [0.1, 0.15) is 36.3 Å². The third kappa shape index (κ3) is 5.05. The summed E-state index contributed by atoms with van der Waals surface area (Å²) in [5, 5.41) is 2.68. The maximum absolute atomic E-state index is 14.4. The van der Waals surface area contributed by atoms with Gasteiger partial charge in [0.25, 0.3) is 11.5 Å². The van der Waals surface area contributed by atoms with E-state index < -0.39 is 41.1 Å². The summed E-state index contributed by atoms with van der Waals surface area (Å²) < 4.78 is 91.5. The second kappa shape index (κ2) is 10.1. The number of amides is 2. The van der Waals surface area contributed by atoms with Gasteiger partial charge in [0.15, 0.2) is 0 Å². The van der Waals surface area contributed by atoms with E-state index in [1.54, 1.807) is 6.07 Å². The van der Waals surface area contributed by atoms with E-state index in [0.29, 0.717) is 0 Å². The van der Waals surface area contributed by atoms with Crippen LogP contribution in [0.25, 0.3) is 0 Å². The lowest BCUT2D eigenvalue weighted by Crippen LogP contribution is -2.60. The van der Waals surface area contributed by atoms with Crippen molar-refractivity contribution in [2.45, 2.75) is 43.3 Å². The molecule has 2 aliphatic heterocycles. The first-order valence-electron chi connectivity index (χ1n) is 11.9. The number of carbonyl (C=O) groups is 2. The Morgan fingerprint density at radius 2 is 1.58 bits per heavy atom. The number of nitrogens with one attached hydrogen (secondary N) is 1. The molecular weight excluding hydrogens is 518 g/mol. The Balaban J connectivity index is 1.64. The summed E-state index contributed by atoms with van der Waals surface area (Å²) in [6, 6.07) is 12.2. The molecule has 1 unspecified atom stereocenters. The zero-order chi connectivity index (χ0) is 27.8. The van der Waals surface area contributed by atoms with Crippen LogP contribution in [0.5, 0.6) is 5.75 Å². The molecule has 4 rings (SSSR count). The third-order valence-corrected chi connectivity index (χ3v) is 7.51. The number of nitrogens with zero attached hydrogens (tertiary/aromatic N) is 1. The summed E-state index contributed by atoms with van der Waals surface area (Å²) in [6.45, 7) is -0.253. The van der Waals surface area contributed by atoms with E-state index in [1.165, 1.54) is 48.5 Å². The van der Waals surface area contributed by atoms with Gasteiger partial charge in [-0.05, 0) is 29.9 Å². The van der Waals surface area contributed by atoms with Crippen LogP contribution in [0.4, 0.5) is 26.3 Å². The number of alkyl halides is 6. The van der Waals surface area contributed by atoms with Gasteiger partial charge in [0.05, 0.1) is 0 Å². The average molecular weight is 544 g/mol. The summed E-state index contributed by atoms with van der Waals surface area (Å²) >= 11 is 0. The molecule has 1 N–H and O–H groups in total. The van der Waals surface area contributed by atoms with Gasteiger partial charge in [-0.3, -0.25) is 9.59 Å². The van der Waals surface area contributed by atoms with Crippen molar-refractivity contribution in [2.75, 3.05) is 26.7 Å². The highest BCUT2D eigenvalue weighted by molar-refractivity contribution is 5.88. The molecule has 0 saturated carbocycles. The molecule has 0 aromatic heterocycles. The normalized spacial score (nSPS) is 21.5. The lowest BCUT2D eigenvalue weighted by atomic mass is 9.62. The van der Waals surface area contributed by atoms with Crippen LogP contribution in [0.3, 0.4) is 0 Å². The van der Waals surface area contributed by atoms with Crippen LogP contribution in [0.15, 0.2) is 54.6 Å². The number of halogens is 6. The van der Waals surface area contributed by atoms with Crippen LogP contribution >= 0.6 is 0 Å². The van der Waals surface area contributed by atoms with E-state index in [1.807, 2.05) is 0 Å². The van der Waals surface area contributed by atoms with Crippen molar-refractivity contribution < 1.29 is 45.4 Å². The largest absolute Gasteiger partial charge is 0.573 e. The number of ether oxygens (including phenoxy) is 2. The van der Waals surface area contributed by atoms with E-state index >= 15 is 0 Å². The van der Waals surface area contributed by atoms with Crippen molar-refractivity contribution in [1.82, 2.24) is 10.2 Å². The van der Waals surface area contributed by atoms with Crippen LogP contribution in [0, 0.1) is 5.41 Å². The molecule has 2 heterocycles. The molecule has 38 heavy (non-hydrogen) atoms. The van der Waals surface area contributed by atoms with Gasteiger partial charge >= 0.3 is 12.5 Å². The number of likely N-dealkylation sites (tertiary alicyclic amines) is 1. The smallest absolute Gasteiger partial charge is 0.405 e. The lowest BCUT2D eigenvalue weighted by molar-refractivity contribution is -0.275. The average Bonchev–Trinajstić information content (AvgIpc) is 2.85. The fourth-order valence-electron chi connectivity index (χ4n) is 5.67. The van der Waals surface area contributed by atoms with Crippen molar-refractivity contribution in [2.24, 2.45) is 5.41 Å². The number of carbonyl (C=O) groups excluding carboxylic acids is 2. The number of methoxy groups -OCH3 is 1. The van der Waals surface area contributed by atoms with Crippen LogP contribution in [-0.2, 0) is 19.9 Å². The Bertz CT molecular complexity index is 1160. The molecule has 2 aliphatic rings. The molecule has 206 valence electrons. The summed E-state index contributed by atoms with van der Waals surface area (Å²) in [5.41, 5.74) is -4.25. The predicted molar refractivity (Wildman–Crippen MR) is 123 cm³/mol. The zero-order valence-corrected chi connectivity index (χ0v) is 20.4. The molecule has 2 atom stereocenters. The minimum Gasteiger partial charge on any atom is -0.405 e. The molecule has 2 fully saturated rings. The van der Waals surface area contributed by atoms with E-state index in [9.17, 15) is 35.9 Å². The topological polar surface area (TPSA) is 67.9 Å². The van der Waals surface area contributed by atoms with E-state index in [4.69, 9.17) is 4.74 Å². The van der Waals surface area contributed by atoms with Gasteiger partial charge in [-0.2, -0.15) is 13.2 Å². The van der Waals surface area contributed by atoms with Gasteiger partial charge in [-0.25, -0.2) is 0 Å². The number of benzene rings is 2. The summed E-state index contributed by atoms with van der Waals surface area (Å²) in [6.07, 6.45) is -9.85. The number of piperidine rings is 2. The molecule has 2 saturated heterocycles. The molecule has 0 bridgehead atoms. The highest BCUT2D eigenvalue weighted by Crippen LogP contribution is 2.52. The summed E-state index contributed by atoms with van der Waals surface area (Å²) in [5.74, 6) is -2.62. The molecule has 6 nitrogen and oxygen atoms in total. The molecular formula is C26H26F6N2O4. The first-order chi connectivity index (χ1) is 17.8. The summed E-state index contributed by atoms with van der Waals surface area (Å²) in [7, 11) is 0.822. The SMILES string of the molecule is CO[C@@](C(=O)N1CCC2(CC1)CC(=O)NCC2c1ccccc1OC(F)(F)F)(c1ccccc1)C(F)(F)F. The Kier molecular flexibility index (Phi) is 7.39.